The van der Waals surface area contributed by atoms with E-state index in [1.54, 1.807) is 19.2 Å². The summed E-state index contributed by atoms with van der Waals surface area (Å²) in [7, 11) is 1.65. The van der Waals surface area contributed by atoms with E-state index < -0.39 is 0 Å². The number of carbonyl (C=O) groups excluding carboxylic acids is 1. The first kappa shape index (κ1) is 18.6. The number of benzene rings is 3. The number of fused-ring (bicyclic) bond motifs is 1. The van der Waals surface area contributed by atoms with Gasteiger partial charge in [-0.2, -0.15) is 5.26 Å². The molecule has 3 aromatic carbocycles. The molecule has 0 spiro atoms. The summed E-state index contributed by atoms with van der Waals surface area (Å²) < 4.78 is 5.40. The van der Waals surface area contributed by atoms with E-state index in [-0.39, 0.29) is 12.5 Å². The molecule has 5 nitrogen and oxygen atoms in total. The Hall–Kier alpha value is -3.75. The van der Waals surface area contributed by atoms with Gasteiger partial charge < -0.3 is 10.1 Å². The van der Waals surface area contributed by atoms with Gasteiger partial charge in [0.1, 0.15) is 6.54 Å². The van der Waals surface area contributed by atoms with Gasteiger partial charge >= 0.3 is 0 Å². The van der Waals surface area contributed by atoms with Crippen LogP contribution in [0.2, 0.25) is 0 Å². The Morgan fingerprint density at radius 2 is 1.83 bits per heavy atom. The van der Waals surface area contributed by atoms with Crippen LogP contribution in [-0.4, -0.2) is 25.3 Å². The minimum atomic E-state index is -0.173. The van der Waals surface area contributed by atoms with Crippen molar-refractivity contribution in [1.29, 1.82) is 5.26 Å². The van der Waals surface area contributed by atoms with Crippen LogP contribution >= 0.6 is 0 Å². The summed E-state index contributed by atoms with van der Waals surface area (Å²) in [4.78, 5) is 16.8. The Bertz CT molecular complexity index is 1140. The minimum Gasteiger partial charge on any atom is -0.380 e. The van der Waals surface area contributed by atoms with E-state index in [1.165, 1.54) is 0 Å². The third kappa shape index (κ3) is 3.79. The summed E-state index contributed by atoms with van der Waals surface area (Å²) in [6.45, 7) is 0.449. The molecule has 142 valence electrons. The molecule has 0 radical (unpaired) electrons. The van der Waals surface area contributed by atoms with Crippen LogP contribution in [0.15, 0.2) is 71.7 Å². The largest absolute Gasteiger partial charge is 0.380 e. The van der Waals surface area contributed by atoms with Crippen molar-refractivity contribution in [2.24, 2.45) is 4.99 Å². The summed E-state index contributed by atoms with van der Waals surface area (Å²) in [5.41, 5.74) is 6.62. The van der Waals surface area contributed by atoms with Crippen molar-refractivity contribution in [3.63, 3.8) is 0 Å². The molecule has 0 atom stereocenters. The van der Waals surface area contributed by atoms with Crippen molar-refractivity contribution in [2.75, 3.05) is 19.0 Å². The van der Waals surface area contributed by atoms with Gasteiger partial charge in [-0.1, -0.05) is 42.5 Å². The second-order valence-corrected chi connectivity index (χ2v) is 6.76. The van der Waals surface area contributed by atoms with Gasteiger partial charge in [0.05, 0.1) is 29.6 Å². The van der Waals surface area contributed by atoms with Crippen LogP contribution in [-0.2, 0) is 16.1 Å². The highest BCUT2D eigenvalue weighted by atomic mass is 16.5. The van der Waals surface area contributed by atoms with Crippen LogP contribution < -0.4 is 5.32 Å². The number of nitrogens with zero attached hydrogens (tertiary/aromatic N) is 2. The first-order chi connectivity index (χ1) is 14.2. The summed E-state index contributed by atoms with van der Waals surface area (Å²) in [6, 6.07) is 23.5. The maximum Gasteiger partial charge on any atom is 0.246 e. The second kappa shape index (κ2) is 8.09. The molecule has 0 bridgehead atoms. The summed E-state index contributed by atoms with van der Waals surface area (Å²) in [5.74, 6) is -0.173. The lowest BCUT2D eigenvalue weighted by atomic mass is 9.92. The number of amides is 1. The topological polar surface area (TPSA) is 74.5 Å². The lowest BCUT2D eigenvalue weighted by molar-refractivity contribution is -0.114. The molecule has 0 saturated carbocycles. The molecule has 0 aromatic heterocycles. The van der Waals surface area contributed by atoms with Gasteiger partial charge in [0, 0.05) is 18.2 Å². The van der Waals surface area contributed by atoms with E-state index in [0.717, 1.165) is 27.8 Å². The first-order valence-corrected chi connectivity index (χ1v) is 9.26. The molecule has 29 heavy (non-hydrogen) atoms. The predicted octanol–water partition coefficient (Wildman–Crippen LogP) is 4.16. The van der Waals surface area contributed by atoms with E-state index in [9.17, 15) is 10.1 Å². The van der Waals surface area contributed by atoms with Gasteiger partial charge in [-0.05, 0) is 41.0 Å². The standard InChI is InChI=1S/C24H19N3O2/c1-29-15-19-11-22-21(12-20(19)17-7-3-2-4-8-17)24(26-14-23(28)27-22)18-9-5-6-16(10-18)13-25/h2-12H,14-15H2,1H3,(H,27,28). The first-order valence-electron chi connectivity index (χ1n) is 9.26. The number of nitrogens with one attached hydrogen (secondary N) is 1. The smallest absolute Gasteiger partial charge is 0.246 e. The van der Waals surface area contributed by atoms with Gasteiger partial charge in [-0.15, -0.1) is 0 Å². The quantitative estimate of drug-likeness (QED) is 0.737. The monoisotopic (exact) mass is 381 g/mol. The van der Waals surface area contributed by atoms with Crippen LogP contribution in [0.5, 0.6) is 0 Å². The van der Waals surface area contributed by atoms with Crippen LogP contribution in [0.4, 0.5) is 5.69 Å². The average Bonchev–Trinajstić information content (AvgIpc) is 2.92. The van der Waals surface area contributed by atoms with Gasteiger partial charge in [0.15, 0.2) is 0 Å². The van der Waals surface area contributed by atoms with E-state index >= 15 is 0 Å². The number of hydrogen-bond donors (Lipinski definition) is 1. The Balaban J connectivity index is 1.94. The van der Waals surface area contributed by atoms with E-state index in [0.29, 0.717) is 23.6 Å². The fourth-order valence-electron chi connectivity index (χ4n) is 3.51. The molecule has 1 N–H and O–H groups in total. The molecule has 1 aliphatic heterocycles. The summed E-state index contributed by atoms with van der Waals surface area (Å²) >= 11 is 0. The van der Waals surface area contributed by atoms with Crippen LogP contribution in [0.25, 0.3) is 11.1 Å². The maximum absolute atomic E-state index is 12.3. The molecule has 0 unspecified atom stereocenters. The molecule has 1 aliphatic rings. The Morgan fingerprint density at radius 3 is 2.59 bits per heavy atom. The van der Waals surface area contributed by atoms with Crippen molar-refractivity contribution >= 4 is 17.3 Å². The Labute approximate surface area is 169 Å². The third-order valence-corrected chi connectivity index (χ3v) is 4.80. The van der Waals surface area contributed by atoms with Crippen molar-refractivity contribution < 1.29 is 9.53 Å². The highest BCUT2D eigenvalue weighted by Crippen LogP contribution is 2.33. The molecule has 0 saturated heterocycles. The van der Waals surface area contributed by atoms with Crippen LogP contribution in [0.3, 0.4) is 0 Å². The number of hydrogen-bond acceptors (Lipinski definition) is 4. The summed E-state index contributed by atoms with van der Waals surface area (Å²) in [6.07, 6.45) is 0. The molecule has 4 rings (SSSR count). The fourth-order valence-corrected chi connectivity index (χ4v) is 3.51. The average molecular weight is 381 g/mol. The molecule has 3 aromatic rings. The van der Waals surface area contributed by atoms with E-state index in [1.807, 2.05) is 54.6 Å². The number of carbonyl (C=O) groups is 1. The lowest BCUT2D eigenvalue weighted by Crippen LogP contribution is -2.14. The number of nitriles is 1. The molecular formula is C24H19N3O2. The minimum absolute atomic E-state index is 0.0288. The molecule has 5 heteroatoms. The molecule has 0 fully saturated rings. The van der Waals surface area contributed by atoms with Crippen molar-refractivity contribution in [2.45, 2.75) is 6.61 Å². The van der Waals surface area contributed by atoms with Gasteiger partial charge in [-0.3, -0.25) is 9.79 Å². The molecule has 0 aliphatic carbocycles. The van der Waals surface area contributed by atoms with E-state index in [4.69, 9.17) is 4.74 Å². The van der Waals surface area contributed by atoms with Crippen molar-refractivity contribution in [3.05, 3.63) is 89.0 Å². The number of anilines is 1. The lowest BCUT2D eigenvalue weighted by Gasteiger charge is -2.17. The summed E-state index contributed by atoms with van der Waals surface area (Å²) in [5, 5.41) is 12.2. The predicted molar refractivity (Wildman–Crippen MR) is 113 cm³/mol. The van der Waals surface area contributed by atoms with E-state index in [2.05, 4.69) is 16.4 Å². The van der Waals surface area contributed by atoms with Gasteiger partial charge in [0.25, 0.3) is 0 Å². The normalized spacial score (nSPS) is 13.0. The molecule has 1 heterocycles. The number of benzodiazepines with no additional fused rings is 1. The molecular weight excluding hydrogens is 362 g/mol. The second-order valence-electron chi connectivity index (χ2n) is 6.76. The van der Waals surface area contributed by atoms with Crippen molar-refractivity contribution in [1.82, 2.24) is 0 Å². The number of rotatable bonds is 4. The van der Waals surface area contributed by atoms with Gasteiger partial charge in [-0.25, -0.2) is 0 Å². The Kier molecular flexibility index (Phi) is 5.19. The van der Waals surface area contributed by atoms with Crippen LogP contribution in [0, 0.1) is 11.3 Å². The van der Waals surface area contributed by atoms with Crippen LogP contribution in [0.1, 0.15) is 22.3 Å². The van der Waals surface area contributed by atoms with Crippen molar-refractivity contribution in [3.8, 4) is 17.2 Å². The highest BCUT2D eigenvalue weighted by molar-refractivity contribution is 6.19. The van der Waals surface area contributed by atoms with Gasteiger partial charge in [0.2, 0.25) is 5.91 Å². The Morgan fingerprint density at radius 1 is 1.03 bits per heavy atom. The zero-order valence-corrected chi connectivity index (χ0v) is 16.0. The number of aliphatic imine (C=N–C) groups is 1. The SMILES string of the molecule is COCc1cc2c(cc1-c1ccccc1)C(c1cccc(C#N)c1)=NCC(=O)N2. The molecule has 1 amide bonds. The number of methoxy groups -OCH3 is 1. The zero-order valence-electron chi connectivity index (χ0n) is 16.0. The highest BCUT2D eigenvalue weighted by Gasteiger charge is 2.21. The zero-order chi connectivity index (χ0) is 20.2. The fraction of sp³-hybridized carbons (Fsp3) is 0.125. The third-order valence-electron chi connectivity index (χ3n) is 4.80. The number of ether oxygens (including phenoxy) is 1. The maximum atomic E-state index is 12.3.